The quantitative estimate of drug-likeness (QED) is 0.586. The molecule has 1 amide bonds. The summed E-state index contributed by atoms with van der Waals surface area (Å²) in [5.74, 6) is -0.286. The number of rotatable bonds is 7. The predicted octanol–water partition coefficient (Wildman–Crippen LogP) is 1.92. The molecule has 0 radical (unpaired) electrons. The van der Waals surface area contributed by atoms with Crippen LogP contribution >= 0.6 is 0 Å². The van der Waals surface area contributed by atoms with Gasteiger partial charge in [-0.1, -0.05) is 6.92 Å². The highest BCUT2D eigenvalue weighted by atomic mass is 16.6. The first kappa shape index (κ1) is 15.9. The van der Waals surface area contributed by atoms with Crippen molar-refractivity contribution in [3.8, 4) is 5.75 Å². The van der Waals surface area contributed by atoms with E-state index in [0.717, 1.165) is 0 Å². The molecule has 0 aliphatic rings. The van der Waals surface area contributed by atoms with Crippen LogP contribution in [0.5, 0.6) is 5.75 Å². The zero-order chi connectivity index (χ0) is 15.1. The highest BCUT2D eigenvalue weighted by molar-refractivity contribution is 5.94. The van der Waals surface area contributed by atoms with Crippen LogP contribution in [0.2, 0.25) is 0 Å². The fourth-order valence-corrected chi connectivity index (χ4v) is 1.72. The summed E-state index contributed by atoms with van der Waals surface area (Å²) >= 11 is 0. The van der Waals surface area contributed by atoms with Gasteiger partial charge in [0.05, 0.1) is 23.5 Å². The van der Waals surface area contributed by atoms with Gasteiger partial charge in [0.15, 0.2) is 0 Å². The van der Waals surface area contributed by atoms with Gasteiger partial charge in [0, 0.05) is 6.54 Å². The minimum absolute atomic E-state index is 0.148. The molecule has 1 aromatic rings. The van der Waals surface area contributed by atoms with Gasteiger partial charge in [-0.2, -0.15) is 0 Å². The van der Waals surface area contributed by atoms with Gasteiger partial charge < -0.3 is 15.8 Å². The van der Waals surface area contributed by atoms with Gasteiger partial charge in [-0.25, -0.2) is 0 Å². The standard InChI is InChI=1S/C13H19N3O4/c1-3-9(8-14)13(17)15-11-6-5-10(20-4-2)7-12(11)16(18)19/h5-7,9H,3-4,8,14H2,1-2H3,(H,15,17). The van der Waals surface area contributed by atoms with E-state index in [1.165, 1.54) is 12.1 Å². The van der Waals surface area contributed by atoms with Crippen LogP contribution in [0.25, 0.3) is 0 Å². The van der Waals surface area contributed by atoms with Crippen LogP contribution in [0, 0.1) is 16.0 Å². The lowest BCUT2D eigenvalue weighted by Gasteiger charge is -2.13. The molecule has 1 rings (SSSR count). The first-order chi connectivity index (χ1) is 9.53. The van der Waals surface area contributed by atoms with Crippen LogP contribution in [-0.2, 0) is 4.79 Å². The topological polar surface area (TPSA) is 107 Å². The fourth-order valence-electron chi connectivity index (χ4n) is 1.72. The molecule has 0 aliphatic heterocycles. The zero-order valence-electron chi connectivity index (χ0n) is 11.6. The maximum absolute atomic E-state index is 11.9. The van der Waals surface area contributed by atoms with Gasteiger partial charge >= 0.3 is 0 Å². The smallest absolute Gasteiger partial charge is 0.296 e. The van der Waals surface area contributed by atoms with Crippen molar-refractivity contribution in [2.24, 2.45) is 11.7 Å². The minimum Gasteiger partial charge on any atom is -0.494 e. The first-order valence-electron chi connectivity index (χ1n) is 6.45. The van der Waals surface area contributed by atoms with Crippen molar-refractivity contribution in [1.29, 1.82) is 0 Å². The number of benzene rings is 1. The molecule has 7 heteroatoms. The van der Waals surface area contributed by atoms with Gasteiger partial charge in [-0.3, -0.25) is 14.9 Å². The van der Waals surface area contributed by atoms with Gasteiger partial charge in [-0.05, 0) is 25.5 Å². The largest absolute Gasteiger partial charge is 0.494 e. The Labute approximate surface area is 117 Å². The lowest BCUT2D eigenvalue weighted by atomic mass is 10.1. The molecular weight excluding hydrogens is 262 g/mol. The Kier molecular flexibility index (Phi) is 5.92. The molecule has 1 unspecified atom stereocenters. The average molecular weight is 281 g/mol. The number of nitrogens with two attached hydrogens (primary N) is 1. The third-order valence-corrected chi connectivity index (χ3v) is 2.88. The molecule has 0 aliphatic carbocycles. The number of amides is 1. The number of nitro groups is 1. The Hall–Kier alpha value is -2.15. The Morgan fingerprint density at radius 2 is 2.20 bits per heavy atom. The molecule has 3 N–H and O–H groups in total. The number of carbonyl (C=O) groups is 1. The number of anilines is 1. The predicted molar refractivity (Wildman–Crippen MR) is 75.7 cm³/mol. The summed E-state index contributed by atoms with van der Waals surface area (Å²) in [7, 11) is 0. The molecule has 20 heavy (non-hydrogen) atoms. The molecule has 0 fully saturated rings. The van der Waals surface area contributed by atoms with E-state index in [9.17, 15) is 14.9 Å². The number of ether oxygens (including phenoxy) is 1. The van der Waals surface area contributed by atoms with Crippen LogP contribution in [0.3, 0.4) is 0 Å². The van der Waals surface area contributed by atoms with Crippen molar-refractivity contribution in [2.45, 2.75) is 20.3 Å². The number of hydrogen-bond acceptors (Lipinski definition) is 5. The SMILES string of the molecule is CCOc1ccc(NC(=O)C(CC)CN)c([N+](=O)[O-])c1. The van der Waals surface area contributed by atoms with Crippen molar-refractivity contribution in [1.82, 2.24) is 0 Å². The van der Waals surface area contributed by atoms with Gasteiger partial charge in [-0.15, -0.1) is 0 Å². The molecule has 0 aromatic heterocycles. The number of nitrogens with zero attached hydrogens (tertiary/aromatic N) is 1. The molecule has 0 saturated heterocycles. The highest BCUT2D eigenvalue weighted by Gasteiger charge is 2.20. The van der Waals surface area contributed by atoms with Crippen molar-refractivity contribution >= 4 is 17.3 Å². The molecular formula is C13H19N3O4. The maximum atomic E-state index is 11.9. The van der Waals surface area contributed by atoms with E-state index >= 15 is 0 Å². The van der Waals surface area contributed by atoms with E-state index in [2.05, 4.69) is 5.32 Å². The maximum Gasteiger partial charge on any atom is 0.296 e. The molecule has 7 nitrogen and oxygen atoms in total. The summed E-state index contributed by atoms with van der Waals surface area (Å²) in [6.07, 6.45) is 0.577. The van der Waals surface area contributed by atoms with E-state index in [1.807, 2.05) is 6.92 Å². The Balaban J connectivity index is 2.99. The first-order valence-corrected chi connectivity index (χ1v) is 6.45. The second-order valence-corrected chi connectivity index (χ2v) is 4.20. The fraction of sp³-hybridized carbons (Fsp3) is 0.462. The second-order valence-electron chi connectivity index (χ2n) is 4.20. The third-order valence-electron chi connectivity index (χ3n) is 2.88. The van der Waals surface area contributed by atoms with E-state index in [-0.39, 0.29) is 29.7 Å². The van der Waals surface area contributed by atoms with Crippen molar-refractivity contribution in [2.75, 3.05) is 18.5 Å². The molecule has 0 heterocycles. The molecule has 110 valence electrons. The van der Waals surface area contributed by atoms with Gasteiger partial charge in [0.25, 0.3) is 5.69 Å². The summed E-state index contributed by atoms with van der Waals surface area (Å²) in [6.45, 7) is 4.24. The Bertz CT molecular complexity index is 487. The zero-order valence-corrected chi connectivity index (χ0v) is 11.6. The minimum atomic E-state index is -0.554. The summed E-state index contributed by atoms with van der Waals surface area (Å²) in [6, 6.07) is 4.34. The summed E-state index contributed by atoms with van der Waals surface area (Å²) in [5, 5.41) is 13.6. The molecule has 1 atom stereocenters. The summed E-state index contributed by atoms with van der Waals surface area (Å²) in [4.78, 5) is 22.4. The Morgan fingerprint density at radius 3 is 2.70 bits per heavy atom. The molecule has 0 saturated carbocycles. The monoisotopic (exact) mass is 281 g/mol. The van der Waals surface area contributed by atoms with E-state index in [0.29, 0.717) is 18.8 Å². The molecule has 0 bridgehead atoms. The number of hydrogen-bond donors (Lipinski definition) is 2. The number of nitrogens with one attached hydrogen (secondary N) is 1. The van der Waals surface area contributed by atoms with Crippen LogP contribution in [0.1, 0.15) is 20.3 Å². The average Bonchev–Trinajstić information content (AvgIpc) is 2.42. The number of nitro benzene ring substituents is 1. The number of carbonyl (C=O) groups excluding carboxylic acids is 1. The van der Waals surface area contributed by atoms with Crippen molar-refractivity contribution in [3.63, 3.8) is 0 Å². The highest BCUT2D eigenvalue weighted by Crippen LogP contribution is 2.29. The van der Waals surface area contributed by atoms with Crippen LogP contribution in [-0.4, -0.2) is 24.0 Å². The van der Waals surface area contributed by atoms with Gasteiger partial charge in [0.2, 0.25) is 5.91 Å². The summed E-state index contributed by atoms with van der Waals surface area (Å²) in [5.41, 5.74) is 5.44. The van der Waals surface area contributed by atoms with E-state index in [4.69, 9.17) is 10.5 Å². The second kappa shape index (κ2) is 7.44. The van der Waals surface area contributed by atoms with Crippen LogP contribution in [0.15, 0.2) is 18.2 Å². The van der Waals surface area contributed by atoms with Crippen LogP contribution < -0.4 is 15.8 Å². The van der Waals surface area contributed by atoms with E-state index < -0.39 is 4.92 Å². The molecule has 1 aromatic carbocycles. The lowest BCUT2D eigenvalue weighted by Crippen LogP contribution is -2.28. The molecule has 0 spiro atoms. The lowest BCUT2D eigenvalue weighted by molar-refractivity contribution is -0.384. The third kappa shape index (κ3) is 3.92. The summed E-state index contributed by atoms with van der Waals surface area (Å²) < 4.78 is 5.21. The van der Waals surface area contributed by atoms with Crippen molar-refractivity contribution in [3.05, 3.63) is 28.3 Å². The Morgan fingerprint density at radius 1 is 1.50 bits per heavy atom. The van der Waals surface area contributed by atoms with E-state index in [1.54, 1.807) is 13.0 Å². The van der Waals surface area contributed by atoms with Crippen LogP contribution in [0.4, 0.5) is 11.4 Å². The normalized spacial score (nSPS) is 11.8. The van der Waals surface area contributed by atoms with Gasteiger partial charge in [0.1, 0.15) is 11.4 Å². The van der Waals surface area contributed by atoms with Crippen molar-refractivity contribution < 1.29 is 14.5 Å².